The van der Waals surface area contributed by atoms with Crippen molar-refractivity contribution >= 4 is 23.5 Å². The van der Waals surface area contributed by atoms with E-state index in [4.69, 9.17) is 21.4 Å². The van der Waals surface area contributed by atoms with Crippen molar-refractivity contribution < 1.29 is 19.4 Å². The van der Waals surface area contributed by atoms with Gasteiger partial charge >= 0.3 is 5.97 Å². The summed E-state index contributed by atoms with van der Waals surface area (Å²) in [5, 5.41) is 12.7. The summed E-state index contributed by atoms with van der Waals surface area (Å²) in [5.41, 5.74) is 0.655. The van der Waals surface area contributed by atoms with Crippen LogP contribution in [0.4, 0.5) is 0 Å². The maximum Gasteiger partial charge on any atom is 0.347 e. The summed E-state index contributed by atoms with van der Waals surface area (Å²) < 4.78 is 5.47. The van der Waals surface area contributed by atoms with Crippen LogP contribution < -0.4 is 10.1 Å². The molecular weight excluding hydrogens is 366 g/mol. The van der Waals surface area contributed by atoms with Crippen LogP contribution in [0.1, 0.15) is 37.8 Å². The molecule has 0 spiro atoms. The van der Waals surface area contributed by atoms with Crippen molar-refractivity contribution in [3.63, 3.8) is 0 Å². The van der Waals surface area contributed by atoms with Gasteiger partial charge in [0.1, 0.15) is 5.75 Å². The zero-order valence-electron chi connectivity index (χ0n) is 15.7. The molecule has 1 unspecified atom stereocenters. The van der Waals surface area contributed by atoms with Crippen molar-refractivity contribution in [2.45, 2.75) is 38.7 Å². The smallest absolute Gasteiger partial charge is 0.347 e. The molecule has 0 bridgehead atoms. The molecule has 0 radical (unpaired) electrons. The van der Waals surface area contributed by atoms with Gasteiger partial charge in [-0.3, -0.25) is 4.79 Å². The lowest BCUT2D eigenvalue weighted by Gasteiger charge is -2.21. The second-order valence-corrected chi connectivity index (χ2v) is 7.31. The summed E-state index contributed by atoms with van der Waals surface area (Å²) in [6.45, 7) is 5.37. The van der Waals surface area contributed by atoms with Gasteiger partial charge in [-0.1, -0.05) is 35.9 Å². The van der Waals surface area contributed by atoms with Crippen LogP contribution in [0.25, 0.3) is 0 Å². The van der Waals surface area contributed by atoms with E-state index in [1.807, 2.05) is 31.2 Å². The summed E-state index contributed by atoms with van der Waals surface area (Å²) in [6, 6.07) is 14.4. The Morgan fingerprint density at radius 2 is 1.70 bits per heavy atom. The molecule has 2 rings (SSSR count). The number of hydrogen-bond donors (Lipinski definition) is 2. The number of halogens is 1. The van der Waals surface area contributed by atoms with Gasteiger partial charge in [-0.2, -0.15) is 0 Å². The normalized spacial score (nSPS) is 12.3. The molecular formula is C21H24ClNO4. The Morgan fingerprint density at radius 1 is 1.11 bits per heavy atom. The molecule has 2 N–H and O–H groups in total. The zero-order valence-corrected chi connectivity index (χ0v) is 16.4. The van der Waals surface area contributed by atoms with Crippen molar-refractivity contribution in [2.24, 2.45) is 0 Å². The molecule has 2 aromatic rings. The highest BCUT2D eigenvalue weighted by molar-refractivity contribution is 6.30. The lowest BCUT2D eigenvalue weighted by molar-refractivity contribution is -0.152. The fourth-order valence-electron chi connectivity index (χ4n) is 2.45. The molecule has 1 amide bonds. The van der Waals surface area contributed by atoms with Gasteiger partial charge < -0.3 is 15.2 Å². The van der Waals surface area contributed by atoms with Crippen LogP contribution in [0, 0.1) is 0 Å². The monoisotopic (exact) mass is 389 g/mol. The van der Waals surface area contributed by atoms with Crippen molar-refractivity contribution in [3.8, 4) is 5.75 Å². The van der Waals surface area contributed by atoms with Gasteiger partial charge in [-0.15, -0.1) is 0 Å². The number of carboxylic acid groups (broad SMARTS) is 1. The van der Waals surface area contributed by atoms with Crippen LogP contribution in [-0.4, -0.2) is 29.1 Å². The summed E-state index contributed by atoms with van der Waals surface area (Å²) in [6.07, 6.45) is 0.668. The first kappa shape index (κ1) is 20.8. The maximum absolute atomic E-state index is 12.3. The first-order chi connectivity index (χ1) is 12.7. The predicted molar refractivity (Wildman–Crippen MR) is 105 cm³/mol. The molecule has 0 aromatic heterocycles. The highest BCUT2D eigenvalue weighted by atomic mass is 35.5. The molecule has 0 fully saturated rings. The second-order valence-electron chi connectivity index (χ2n) is 6.88. The number of carbonyl (C=O) groups excluding carboxylic acids is 1. The molecule has 0 heterocycles. The molecule has 5 nitrogen and oxygen atoms in total. The number of hydrogen-bond acceptors (Lipinski definition) is 3. The summed E-state index contributed by atoms with van der Waals surface area (Å²) >= 11 is 5.87. The van der Waals surface area contributed by atoms with Crippen LogP contribution in [0.2, 0.25) is 5.02 Å². The van der Waals surface area contributed by atoms with E-state index in [2.05, 4.69) is 5.32 Å². The molecule has 2 aromatic carbocycles. The molecule has 27 heavy (non-hydrogen) atoms. The number of carbonyl (C=O) groups is 2. The van der Waals surface area contributed by atoms with Gasteiger partial charge in [0.25, 0.3) is 0 Å². The highest BCUT2D eigenvalue weighted by Crippen LogP contribution is 2.20. The Labute approximate surface area is 164 Å². The lowest BCUT2D eigenvalue weighted by Crippen LogP contribution is -2.37. The van der Waals surface area contributed by atoms with Gasteiger partial charge in [-0.25, -0.2) is 4.79 Å². The highest BCUT2D eigenvalue weighted by Gasteiger charge is 2.29. The number of nitrogens with one attached hydrogen (secondary N) is 1. The minimum atomic E-state index is -1.28. The van der Waals surface area contributed by atoms with Crippen LogP contribution >= 0.6 is 11.6 Å². The van der Waals surface area contributed by atoms with Gasteiger partial charge in [-0.05, 0) is 62.6 Å². The minimum Gasteiger partial charge on any atom is -0.478 e. The van der Waals surface area contributed by atoms with Crippen LogP contribution in [0.5, 0.6) is 5.75 Å². The van der Waals surface area contributed by atoms with E-state index in [9.17, 15) is 9.59 Å². The van der Waals surface area contributed by atoms with E-state index >= 15 is 0 Å². The molecule has 0 aliphatic carbocycles. The third kappa shape index (κ3) is 6.00. The average molecular weight is 390 g/mol. The molecule has 0 aliphatic rings. The first-order valence-electron chi connectivity index (χ1n) is 8.73. The quantitative estimate of drug-likeness (QED) is 0.714. The minimum absolute atomic E-state index is 0.0412. The number of aliphatic carboxylic acids is 1. The standard InChI is InChI=1S/C21H24ClNO4/c1-14(16-6-8-17(22)9-7-16)19(24)23-13-12-15-4-10-18(11-5-15)27-21(2,3)20(25)26/h4-11,14H,12-13H2,1-3H3,(H,23,24)(H,25,26). The van der Waals surface area contributed by atoms with Crippen molar-refractivity contribution in [2.75, 3.05) is 6.54 Å². The molecule has 144 valence electrons. The maximum atomic E-state index is 12.3. The fraction of sp³-hybridized carbons (Fsp3) is 0.333. The van der Waals surface area contributed by atoms with E-state index in [-0.39, 0.29) is 11.8 Å². The number of amides is 1. The van der Waals surface area contributed by atoms with Crippen molar-refractivity contribution in [1.29, 1.82) is 0 Å². The molecule has 0 saturated heterocycles. The van der Waals surface area contributed by atoms with E-state index in [0.717, 1.165) is 11.1 Å². The van der Waals surface area contributed by atoms with Crippen LogP contribution in [0.15, 0.2) is 48.5 Å². The molecule has 0 aliphatic heterocycles. The van der Waals surface area contributed by atoms with E-state index < -0.39 is 11.6 Å². The fourth-order valence-corrected chi connectivity index (χ4v) is 2.57. The van der Waals surface area contributed by atoms with Gasteiger partial charge in [0.05, 0.1) is 5.92 Å². The SMILES string of the molecule is CC(C(=O)NCCc1ccc(OC(C)(C)C(=O)O)cc1)c1ccc(Cl)cc1. The number of carboxylic acids is 1. The van der Waals surface area contributed by atoms with Crippen LogP contribution in [0.3, 0.4) is 0 Å². The Balaban J connectivity index is 1.83. The van der Waals surface area contributed by atoms with Gasteiger partial charge in [0, 0.05) is 11.6 Å². The average Bonchev–Trinajstić information content (AvgIpc) is 2.62. The van der Waals surface area contributed by atoms with E-state index in [0.29, 0.717) is 23.7 Å². The lowest BCUT2D eigenvalue weighted by atomic mass is 10.0. The molecule has 1 atom stereocenters. The van der Waals surface area contributed by atoms with Gasteiger partial charge in [0.15, 0.2) is 5.60 Å². The molecule has 0 saturated carbocycles. The Hall–Kier alpha value is -2.53. The number of rotatable bonds is 8. The third-order valence-corrected chi connectivity index (χ3v) is 4.54. The van der Waals surface area contributed by atoms with E-state index in [1.54, 1.807) is 24.3 Å². The number of ether oxygens (including phenoxy) is 1. The summed E-state index contributed by atoms with van der Waals surface area (Å²) in [7, 11) is 0. The Kier molecular flexibility index (Phi) is 6.86. The second kappa shape index (κ2) is 8.91. The summed E-state index contributed by atoms with van der Waals surface area (Å²) in [4.78, 5) is 23.4. The largest absolute Gasteiger partial charge is 0.478 e. The third-order valence-electron chi connectivity index (χ3n) is 4.29. The zero-order chi connectivity index (χ0) is 20.0. The first-order valence-corrected chi connectivity index (χ1v) is 9.11. The number of benzene rings is 2. The molecule has 6 heteroatoms. The van der Waals surface area contributed by atoms with Crippen LogP contribution in [-0.2, 0) is 16.0 Å². The predicted octanol–water partition coefficient (Wildman–Crippen LogP) is 4.04. The van der Waals surface area contributed by atoms with Crippen molar-refractivity contribution in [3.05, 3.63) is 64.7 Å². The van der Waals surface area contributed by atoms with Crippen molar-refractivity contribution in [1.82, 2.24) is 5.32 Å². The van der Waals surface area contributed by atoms with E-state index in [1.165, 1.54) is 13.8 Å². The summed E-state index contributed by atoms with van der Waals surface area (Å²) in [5.74, 6) is -0.826. The Morgan fingerprint density at radius 3 is 2.26 bits per heavy atom. The topological polar surface area (TPSA) is 75.6 Å². The van der Waals surface area contributed by atoms with Gasteiger partial charge in [0.2, 0.25) is 5.91 Å². The Bertz CT molecular complexity index is 785.